The minimum absolute atomic E-state index is 0. The van der Waals surface area contributed by atoms with Crippen LogP contribution in [-0.2, 0) is 6.42 Å². The van der Waals surface area contributed by atoms with E-state index < -0.39 is 0 Å². The first-order chi connectivity index (χ1) is 13.1. The third kappa shape index (κ3) is 5.29. The lowest BCUT2D eigenvalue weighted by Crippen LogP contribution is -2.20. The van der Waals surface area contributed by atoms with Gasteiger partial charge in [-0.3, -0.25) is 0 Å². The van der Waals surface area contributed by atoms with Crippen molar-refractivity contribution in [3.8, 4) is 28.4 Å². The molecule has 3 aromatic rings. The predicted molar refractivity (Wildman–Crippen MR) is 115 cm³/mol. The van der Waals surface area contributed by atoms with Crippen LogP contribution in [0.3, 0.4) is 0 Å². The van der Waals surface area contributed by atoms with Gasteiger partial charge in [0.2, 0.25) is 0 Å². The number of halogens is 1. The summed E-state index contributed by atoms with van der Waals surface area (Å²) in [7, 11) is 2.10. The molecule has 0 aliphatic rings. The summed E-state index contributed by atoms with van der Waals surface area (Å²) in [6.45, 7) is 6.15. The molecule has 0 bridgehead atoms. The zero-order chi connectivity index (χ0) is 19.2. The summed E-state index contributed by atoms with van der Waals surface area (Å²) in [5.74, 6) is 1.16. The number of hydrogen-bond acceptors (Lipinski definition) is 6. The minimum atomic E-state index is 0. The molecule has 1 heterocycles. The number of ether oxygens (including phenoxy) is 1. The lowest BCUT2D eigenvalue weighted by Gasteiger charge is -2.15. The van der Waals surface area contributed by atoms with E-state index in [-0.39, 0.29) is 12.4 Å². The quantitative estimate of drug-likeness (QED) is 0.538. The molecule has 2 aromatic carbocycles. The van der Waals surface area contributed by atoms with Gasteiger partial charge in [0.1, 0.15) is 11.8 Å². The Kier molecular flexibility index (Phi) is 7.94. The number of rotatable bonds is 7. The topological polar surface area (TPSA) is 62.0 Å². The molecule has 146 valence electrons. The molecule has 3 rings (SSSR count). The highest BCUT2D eigenvalue weighted by atomic mass is 35.5. The number of nitriles is 1. The fraction of sp³-hybridized carbons (Fsp3) is 0.286. The minimum Gasteiger partial charge on any atom is -0.428 e. The molecule has 0 fully saturated rings. The monoisotopic (exact) mass is 414 g/mol. The van der Waals surface area contributed by atoms with E-state index >= 15 is 0 Å². The Morgan fingerprint density at radius 1 is 1.21 bits per heavy atom. The molecule has 0 aliphatic heterocycles. The number of aryl methyl sites for hydroxylation is 1. The van der Waals surface area contributed by atoms with Gasteiger partial charge in [-0.25, -0.2) is 0 Å². The van der Waals surface area contributed by atoms with Crippen molar-refractivity contribution in [3.63, 3.8) is 0 Å². The van der Waals surface area contributed by atoms with Crippen molar-refractivity contribution in [2.45, 2.75) is 20.3 Å². The first-order valence-electron chi connectivity index (χ1n) is 8.90. The predicted octanol–water partition coefficient (Wildman–Crippen LogP) is 5.09. The lowest BCUT2D eigenvalue weighted by molar-refractivity contribution is 0.357. The van der Waals surface area contributed by atoms with Gasteiger partial charge in [-0.15, -0.1) is 12.4 Å². The Morgan fingerprint density at radius 3 is 2.64 bits per heavy atom. The van der Waals surface area contributed by atoms with Gasteiger partial charge >= 0.3 is 0 Å². The molecule has 0 saturated heterocycles. The zero-order valence-electron chi connectivity index (χ0n) is 16.2. The molecule has 28 heavy (non-hydrogen) atoms. The second kappa shape index (κ2) is 10.2. The van der Waals surface area contributed by atoms with Crippen molar-refractivity contribution < 1.29 is 4.74 Å². The molecular formula is C21H23ClN4OS. The second-order valence-corrected chi connectivity index (χ2v) is 7.10. The lowest BCUT2D eigenvalue weighted by atomic mass is 10.0. The van der Waals surface area contributed by atoms with E-state index in [4.69, 9.17) is 4.74 Å². The summed E-state index contributed by atoms with van der Waals surface area (Å²) in [6, 6.07) is 15.8. The Bertz CT molecular complexity index is 953. The average molecular weight is 415 g/mol. The molecule has 0 atom stereocenters. The zero-order valence-corrected chi connectivity index (χ0v) is 17.8. The highest BCUT2D eigenvalue weighted by Gasteiger charge is 2.13. The summed E-state index contributed by atoms with van der Waals surface area (Å²) in [5, 5.41) is 9.98. The van der Waals surface area contributed by atoms with Crippen LogP contribution >= 0.6 is 23.9 Å². The van der Waals surface area contributed by atoms with Crippen LogP contribution in [0.2, 0.25) is 0 Å². The van der Waals surface area contributed by atoms with Gasteiger partial charge in [0.25, 0.3) is 5.19 Å². The van der Waals surface area contributed by atoms with E-state index in [2.05, 4.69) is 34.3 Å². The van der Waals surface area contributed by atoms with Crippen LogP contribution in [0.15, 0.2) is 42.5 Å². The molecule has 0 amide bonds. The molecule has 5 nitrogen and oxygen atoms in total. The molecule has 0 N–H and O–H groups in total. The van der Waals surface area contributed by atoms with E-state index in [1.807, 2.05) is 49.4 Å². The van der Waals surface area contributed by atoms with Gasteiger partial charge in [-0.2, -0.15) is 14.6 Å². The number of benzene rings is 2. The Labute approximate surface area is 176 Å². The van der Waals surface area contributed by atoms with Gasteiger partial charge in [0.15, 0.2) is 5.82 Å². The molecular weight excluding hydrogens is 392 g/mol. The second-order valence-electron chi connectivity index (χ2n) is 6.38. The van der Waals surface area contributed by atoms with E-state index in [1.165, 1.54) is 17.1 Å². The van der Waals surface area contributed by atoms with Crippen molar-refractivity contribution in [1.82, 2.24) is 14.3 Å². The molecule has 0 radical (unpaired) electrons. The number of nitrogens with zero attached hydrogens (tertiary/aromatic N) is 4. The normalized spacial score (nSPS) is 10.4. The van der Waals surface area contributed by atoms with Crippen molar-refractivity contribution in [3.05, 3.63) is 59.2 Å². The highest BCUT2D eigenvalue weighted by Crippen LogP contribution is 2.31. The van der Waals surface area contributed by atoms with Gasteiger partial charge in [-0.05, 0) is 50.2 Å². The summed E-state index contributed by atoms with van der Waals surface area (Å²) in [4.78, 5) is 6.70. The van der Waals surface area contributed by atoms with Crippen LogP contribution in [0.1, 0.15) is 23.6 Å². The van der Waals surface area contributed by atoms with Crippen LogP contribution in [0, 0.1) is 18.3 Å². The summed E-state index contributed by atoms with van der Waals surface area (Å²) in [5.41, 5.74) is 3.74. The molecule has 7 heteroatoms. The molecule has 1 aromatic heterocycles. The number of likely N-dealkylation sites (N-methyl/N-ethyl adjacent to an activating group) is 1. The number of hydrogen-bond donors (Lipinski definition) is 0. The Balaban J connectivity index is 0.00000280. The first kappa shape index (κ1) is 21.8. The van der Waals surface area contributed by atoms with Crippen LogP contribution < -0.4 is 4.74 Å². The number of aromatic nitrogens is 2. The Morgan fingerprint density at radius 2 is 1.96 bits per heavy atom. The van der Waals surface area contributed by atoms with Gasteiger partial charge in [0.05, 0.1) is 5.56 Å². The SMILES string of the molecule is CCN(C)CCc1cc(C#N)c(Oc2nc(-c3ccccc3)ns2)cc1C.Cl. The third-order valence-electron chi connectivity index (χ3n) is 4.50. The fourth-order valence-corrected chi connectivity index (χ4v) is 3.25. The van der Waals surface area contributed by atoms with Crippen molar-refractivity contribution in [2.75, 3.05) is 20.1 Å². The van der Waals surface area contributed by atoms with Crippen LogP contribution in [0.4, 0.5) is 0 Å². The first-order valence-corrected chi connectivity index (χ1v) is 9.67. The summed E-state index contributed by atoms with van der Waals surface area (Å²) in [6.07, 6.45) is 0.905. The van der Waals surface area contributed by atoms with Crippen molar-refractivity contribution in [1.29, 1.82) is 5.26 Å². The maximum absolute atomic E-state index is 9.55. The van der Waals surface area contributed by atoms with E-state index in [9.17, 15) is 5.26 Å². The molecule has 0 unspecified atom stereocenters. The van der Waals surface area contributed by atoms with E-state index in [0.29, 0.717) is 22.3 Å². The fourth-order valence-electron chi connectivity index (χ4n) is 2.69. The third-order valence-corrected chi connectivity index (χ3v) is 5.09. The van der Waals surface area contributed by atoms with Crippen molar-refractivity contribution >= 4 is 23.9 Å². The summed E-state index contributed by atoms with van der Waals surface area (Å²) < 4.78 is 10.3. The van der Waals surface area contributed by atoms with Gasteiger partial charge < -0.3 is 9.64 Å². The van der Waals surface area contributed by atoms with Crippen LogP contribution in [0.5, 0.6) is 10.9 Å². The standard InChI is InChI=1S/C21H22N4OS.ClH/c1-4-25(3)11-10-17-13-18(14-22)19(12-15(17)2)26-21-23-20(24-27-21)16-8-6-5-7-9-16;/h5-9,12-13H,4,10-11H2,1-3H3;1H. The maximum atomic E-state index is 9.55. The molecule has 0 aliphatic carbocycles. The van der Waals surface area contributed by atoms with Crippen LogP contribution in [0.25, 0.3) is 11.4 Å². The maximum Gasteiger partial charge on any atom is 0.299 e. The summed E-state index contributed by atoms with van der Waals surface area (Å²) >= 11 is 1.19. The average Bonchev–Trinajstić information content (AvgIpc) is 3.16. The van der Waals surface area contributed by atoms with Gasteiger partial charge in [0, 0.05) is 23.6 Å². The highest BCUT2D eigenvalue weighted by molar-refractivity contribution is 7.07. The van der Waals surface area contributed by atoms with E-state index in [0.717, 1.165) is 30.6 Å². The van der Waals surface area contributed by atoms with Gasteiger partial charge in [-0.1, -0.05) is 37.3 Å². The largest absolute Gasteiger partial charge is 0.428 e. The smallest absolute Gasteiger partial charge is 0.299 e. The molecule has 0 saturated carbocycles. The Hall–Kier alpha value is -2.46. The molecule has 0 spiro atoms. The van der Waals surface area contributed by atoms with E-state index in [1.54, 1.807) is 0 Å². The van der Waals surface area contributed by atoms with Crippen LogP contribution in [-0.4, -0.2) is 34.4 Å². The van der Waals surface area contributed by atoms with Crippen molar-refractivity contribution in [2.24, 2.45) is 0 Å².